The Labute approximate surface area is 115 Å². The van der Waals surface area contributed by atoms with Crippen LogP contribution in [0, 0.1) is 0 Å². The maximum Gasteiger partial charge on any atom is 0.254 e. The summed E-state index contributed by atoms with van der Waals surface area (Å²) in [6, 6.07) is 6.67. The predicted molar refractivity (Wildman–Crippen MR) is 76.3 cm³/mol. The van der Waals surface area contributed by atoms with Gasteiger partial charge in [0.05, 0.1) is 6.26 Å². The minimum absolute atomic E-state index is 0.0267. The Morgan fingerprint density at radius 2 is 2.00 bits per heavy atom. The van der Waals surface area contributed by atoms with Crippen molar-refractivity contribution in [3.05, 3.63) is 24.2 Å². The van der Waals surface area contributed by atoms with Gasteiger partial charge in [-0.1, -0.05) is 20.8 Å². The zero-order valence-electron chi connectivity index (χ0n) is 12.2. The summed E-state index contributed by atoms with van der Waals surface area (Å²) in [7, 11) is -1.82. The van der Waals surface area contributed by atoms with Crippen LogP contribution >= 0.6 is 0 Å². The second-order valence-corrected chi connectivity index (χ2v) is 10.1. The smallest absolute Gasteiger partial charge is 0.254 e. The molecule has 0 aliphatic carbocycles. The van der Waals surface area contributed by atoms with Gasteiger partial charge in [0.2, 0.25) is 0 Å². The number of carbonyl (C=O) groups excluding carboxylic acids is 1. The average molecular weight is 281 g/mol. The number of hydrogen-bond acceptors (Lipinski definition) is 3. The maximum absolute atomic E-state index is 12.0. The molecule has 1 unspecified atom stereocenters. The fourth-order valence-electron chi connectivity index (χ4n) is 2.79. The standard InChI is InChI=1S/C14H23NO3Si/c1-5-19(6-2,7-3)18-14(4)12(15-13(14)16)11-9-8-10-17-11/h8-10,12H,5-7H2,1-4H3,(H,15,16)/t12?,14-/m1/s1. The number of furan rings is 1. The molecule has 1 N–H and O–H groups in total. The van der Waals surface area contributed by atoms with Gasteiger partial charge in [0, 0.05) is 0 Å². The fraction of sp³-hybridized carbons (Fsp3) is 0.643. The van der Waals surface area contributed by atoms with Crippen LogP contribution in [0.2, 0.25) is 18.1 Å². The van der Waals surface area contributed by atoms with Crippen LogP contribution in [0.1, 0.15) is 39.5 Å². The summed E-state index contributed by atoms with van der Waals surface area (Å²) in [6.07, 6.45) is 1.63. The quantitative estimate of drug-likeness (QED) is 0.643. The molecular weight excluding hydrogens is 258 g/mol. The van der Waals surface area contributed by atoms with Gasteiger partial charge in [-0.25, -0.2) is 0 Å². The lowest BCUT2D eigenvalue weighted by Crippen LogP contribution is -2.69. The van der Waals surface area contributed by atoms with Crippen molar-refractivity contribution in [3.8, 4) is 0 Å². The molecule has 1 aliphatic rings. The van der Waals surface area contributed by atoms with Gasteiger partial charge in [0.15, 0.2) is 13.9 Å². The Morgan fingerprint density at radius 1 is 1.37 bits per heavy atom. The highest BCUT2D eigenvalue weighted by atomic mass is 28.4. The third kappa shape index (κ3) is 2.25. The van der Waals surface area contributed by atoms with Crippen LogP contribution in [0.4, 0.5) is 0 Å². The Hall–Kier alpha value is -1.07. The monoisotopic (exact) mass is 281 g/mol. The van der Waals surface area contributed by atoms with E-state index in [-0.39, 0.29) is 11.9 Å². The van der Waals surface area contributed by atoms with Crippen molar-refractivity contribution < 1.29 is 13.6 Å². The molecule has 106 valence electrons. The molecule has 0 bridgehead atoms. The first-order valence-electron chi connectivity index (χ1n) is 7.06. The van der Waals surface area contributed by atoms with Crippen molar-refractivity contribution in [1.29, 1.82) is 0 Å². The molecule has 0 aromatic carbocycles. The number of carbonyl (C=O) groups is 1. The molecule has 1 fully saturated rings. The first kappa shape index (κ1) is 14.3. The normalized spacial score (nSPS) is 26.9. The van der Waals surface area contributed by atoms with E-state index in [0.717, 1.165) is 23.9 Å². The van der Waals surface area contributed by atoms with Gasteiger partial charge in [-0.2, -0.15) is 0 Å². The summed E-state index contributed by atoms with van der Waals surface area (Å²) >= 11 is 0. The van der Waals surface area contributed by atoms with E-state index in [1.165, 1.54) is 0 Å². The highest BCUT2D eigenvalue weighted by Crippen LogP contribution is 2.41. The van der Waals surface area contributed by atoms with Gasteiger partial charge in [-0.05, 0) is 37.2 Å². The van der Waals surface area contributed by atoms with Gasteiger partial charge in [-0.15, -0.1) is 0 Å². The van der Waals surface area contributed by atoms with Crippen molar-refractivity contribution in [2.75, 3.05) is 0 Å². The molecule has 19 heavy (non-hydrogen) atoms. The van der Waals surface area contributed by atoms with E-state index in [9.17, 15) is 4.79 Å². The molecule has 2 heterocycles. The van der Waals surface area contributed by atoms with E-state index in [2.05, 4.69) is 26.1 Å². The first-order chi connectivity index (χ1) is 9.01. The number of β-lactam (4-membered cyclic amide) rings is 1. The molecule has 0 radical (unpaired) electrons. The average Bonchev–Trinajstić information content (AvgIpc) is 2.95. The van der Waals surface area contributed by atoms with E-state index in [1.807, 2.05) is 19.1 Å². The molecule has 5 heteroatoms. The predicted octanol–water partition coefficient (Wildman–Crippen LogP) is 3.23. The molecule has 0 saturated carbocycles. The van der Waals surface area contributed by atoms with Crippen LogP contribution in [0.15, 0.2) is 22.8 Å². The Balaban J connectivity index is 2.23. The molecule has 1 saturated heterocycles. The van der Waals surface area contributed by atoms with Gasteiger partial charge in [-0.3, -0.25) is 4.79 Å². The lowest BCUT2D eigenvalue weighted by molar-refractivity contribution is -0.156. The van der Waals surface area contributed by atoms with Gasteiger partial charge >= 0.3 is 0 Å². The lowest BCUT2D eigenvalue weighted by atomic mass is 9.85. The lowest BCUT2D eigenvalue weighted by Gasteiger charge is -2.49. The van der Waals surface area contributed by atoms with Crippen LogP contribution in [0.3, 0.4) is 0 Å². The minimum Gasteiger partial charge on any atom is -0.467 e. The number of hydrogen-bond donors (Lipinski definition) is 1. The van der Waals surface area contributed by atoms with E-state index in [4.69, 9.17) is 8.84 Å². The summed E-state index contributed by atoms with van der Waals surface area (Å²) in [5.41, 5.74) is -0.772. The number of rotatable bonds is 6. The Bertz CT molecular complexity index is 433. The molecule has 1 amide bonds. The van der Waals surface area contributed by atoms with Gasteiger partial charge < -0.3 is 14.2 Å². The molecule has 1 aromatic rings. The van der Waals surface area contributed by atoms with Crippen molar-refractivity contribution >= 4 is 14.2 Å². The van der Waals surface area contributed by atoms with Crippen molar-refractivity contribution in [3.63, 3.8) is 0 Å². The van der Waals surface area contributed by atoms with Crippen molar-refractivity contribution in [1.82, 2.24) is 5.32 Å². The van der Waals surface area contributed by atoms with E-state index in [0.29, 0.717) is 0 Å². The highest BCUT2D eigenvalue weighted by Gasteiger charge is 2.57. The third-order valence-corrected chi connectivity index (χ3v) is 9.19. The SMILES string of the molecule is CC[Si](CC)(CC)O[C@@]1(C)C(=O)NC1c1ccco1. The van der Waals surface area contributed by atoms with E-state index in [1.54, 1.807) is 6.26 Å². The second-order valence-electron chi connectivity index (χ2n) is 5.37. The van der Waals surface area contributed by atoms with Crippen molar-refractivity contribution in [2.45, 2.75) is 57.5 Å². The second kappa shape index (κ2) is 5.13. The zero-order chi connectivity index (χ0) is 14.1. The maximum atomic E-state index is 12.0. The zero-order valence-corrected chi connectivity index (χ0v) is 13.2. The molecular formula is C14H23NO3Si. The van der Waals surface area contributed by atoms with Crippen LogP contribution in [0.5, 0.6) is 0 Å². The van der Waals surface area contributed by atoms with Gasteiger partial charge in [0.1, 0.15) is 11.8 Å². The van der Waals surface area contributed by atoms with Crippen molar-refractivity contribution in [2.24, 2.45) is 0 Å². The fourth-order valence-corrected chi connectivity index (χ4v) is 5.83. The number of amides is 1. The summed E-state index contributed by atoms with van der Waals surface area (Å²) in [5.74, 6) is 0.745. The Morgan fingerprint density at radius 3 is 2.42 bits per heavy atom. The molecule has 2 atom stereocenters. The first-order valence-corrected chi connectivity index (χ1v) is 9.59. The third-order valence-electron chi connectivity index (χ3n) is 4.47. The summed E-state index contributed by atoms with van der Waals surface area (Å²) < 4.78 is 11.8. The van der Waals surface area contributed by atoms with E-state index >= 15 is 0 Å². The van der Waals surface area contributed by atoms with Gasteiger partial charge in [0.25, 0.3) is 5.91 Å². The molecule has 2 rings (SSSR count). The summed E-state index contributed by atoms with van der Waals surface area (Å²) in [5, 5.41) is 2.90. The molecule has 0 spiro atoms. The van der Waals surface area contributed by atoms with Crippen LogP contribution in [-0.2, 0) is 9.22 Å². The molecule has 1 aromatic heterocycles. The number of nitrogens with one attached hydrogen (secondary N) is 1. The van der Waals surface area contributed by atoms with Crippen LogP contribution < -0.4 is 5.32 Å². The summed E-state index contributed by atoms with van der Waals surface area (Å²) in [6.45, 7) is 8.39. The molecule has 4 nitrogen and oxygen atoms in total. The summed E-state index contributed by atoms with van der Waals surface area (Å²) in [4.78, 5) is 12.0. The topological polar surface area (TPSA) is 51.5 Å². The van der Waals surface area contributed by atoms with E-state index < -0.39 is 13.9 Å². The largest absolute Gasteiger partial charge is 0.467 e. The Kier molecular flexibility index (Phi) is 3.87. The van der Waals surface area contributed by atoms with Crippen LogP contribution in [-0.4, -0.2) is 19.8 Å². The highest BCUT2D eigenvalue weighted by molar-refractivity contribution is 6.73. The minimum atomic E-state index is -1.82. The van der Waals surface area contributed by atoms with Crippen LogP contribution in [0.25, 0.3) is 0 Å². The molecule has 1 aliphatic heterocycles.